The molecule has 2 aromatic carbocycles. The largest absolute Gasteiger partial charge is 0.478 e. The van der Waals surface area contributed by atoms with Crippen LogP contribution in [0.2, 0.25) is 0 Å². The number of aromatic carboxylic acids is 1. The summed E-state index contributed by atoms with van der Waals surface area (Å²) < 4.78 is 7.05. The van der Waals surface area contributed by atoms with Crippen molar-refractivity contribution >= 4 is 40.6 Å². The smallest absolute Gasteiger partial charge is 0.335 e. The first-order valence-corrected chi connectivity index (χ1v) is 13.9. The number of aromatic nitrogens is 2. The fraction of sp³-hybridized carbons (Fsp3) is 0.250. The Kier molecular flexibility index (Phi) is 8.11. The van der Waals surface area contributed by atoms with Crippen molar-refractivity contribution in [3.05, 3.63) is 106 Å². The number of carboxylic acid groups (broad SMARTS) is 1. The topological polar surface area (TPSA) is 109 Å². The summed E-state index contributed by atoms with van der Waals surface area (Å²) in [4.78, 5) is 30.7. The molecule has 0 spiro atoms. The first-order chi connectivity index (χ1) is 20.1. The van der Waals surface area contributed by atoms with Crippen LogP contribution in [0.3, 0.4) is 0 Å². The molecule has 10 heteroatoms. The summed E-state index contributed by atoms with van der Waals surface area (Å²) in [5, 5.41) is 16.6. The minimum atomic E-state index is -0.970. The molecule has 2 atom stereocenters. The lowest BCUT2D eigenvalue weighted by Crippen LogP contribution is -2.29. The Labute approximate surface area is 250 Å². The maximum absolute atomic E-state index is 12.1. The Morgan fingerprint density at radius 2 is 1.83 bits per heavy atom. The zero-order chi connectivity index (χ0) is 30.1. The number of nitrogens with one attached hydrogen (secondary N) is 2. The predicted octanol–water partition coefficient (Wildman–Crippen LogP) is 5.57. The van der Waals surface area contributed by atoms with Crippen LogP contribution in [0.1, 0.15) is 56.2 Å². The van der Waals surface area contributed by atoms with E-state index < -0.39 is 5.97 Å². The number of hydrogen-bond donors (Lipinski definition) is 3. The van der Waals surface area contributed by atoms with Crippen LogP contribution in [0.4, 0.5) is 11.4 Å². The van der Waals surface area contributed by atoms with Gasteiger partial charge in [-0.1, -0.05) is 12.1 Å². The minimum Gasteiger partial charge on any atom is -0.478 e. The number of hydrogen-bond acceptors (Lipinski definition) is 5. The number of carbonyl (C=O) groups excluding carboxylic acids is 1. The summed E-state index contributed by atoms with van der Waals surface area (Å²) in [6, 6.07) is 18.4. The predicted molar refractivity (Wildman–Crippen MR) is 167 cm³/mol. The number of benzene rings is 2. The van der Waals surface area contributed by atoms with Crippen LogP contribution in [0, 0.1) is 27.7 Å². The third kappa shape index (κ3) is 5.38. The average Bonchev–Trinajstić information content (AvgIpc) is 3.45. The maximum Gasteiger partial charge on any atom is 0.335 e. The summed E-state index contributed by atoms with van der Waals surface area (Å²) in [5.41, 5.74) is 8.29. The molecule has 1 saturated heterocycles. The number of carboxylic acids is 1. The second-order valence-corrected chi connectivity index (χ2v) is 10.8. The van der Waals surface area contributed by atoms with E-state index in [0.717, 1.165) is 45.1 Å². The molecule has 3 heterocycles. The second kappa shape index (κ2) is 11.8. The minimum absolute atomic E-state index is 0.0282. The highest BCUT2D eigenvalue weighted by atomic mass is 32.1. The molecule has 0 radical (unpaired) electrons. The number of thiocarbonyl (C=S) groups is 1. The lowest BCUT2D eigenvalue weighted by Gasteiger charge is -2.29. The van der Waals surface area contributed by atoms with E-state index in [2.05, 4.69) is 31.2 Å². The van der Waals surface area contributed by atoms with Gasteiger partial charge in [0.05, 0.1) is 23.3 Å². The van der Waals surface area contributed by atoms with Crippen LogP contribution in [0.25, 0.3) is 5.69 Å². The third-order valence-electron chi connectivity index (χ3n) is 7.62. The van der Waals surface area contributed by atoms with Crippen LogP contribution in [-0.2, 0) is 9.53 Å². The van der Waals surface area contributed by atoms with Crippen molar-refractivity contribution < 1.29 is 19.4 Å². The third-order valence-corrected chi connectivity index (χ3v) is 7.94. The molecule has 4 aromatic rings. The van der Waals surface area contributed by atoms with Gasteiger partial charge in [0.25, 0.3) is 0 Å². The van der Waals surface area contributed by atoms with Crippen LogP contribution in [0.5, 0.6) is 0 Å². The number of pyridine rings is 1. The standard InChI is InChI=1S/C32H33N5O4S/c1-18-9-10-22(31(39)40)16-27(18)36-20(3)15-24(21(36)4)30-29(26-8-6-7-13-33-26)35-32(42)37(30)23-11-12-25(19(2)14-23)34-28(38)17-41-5/h6-16,29-30H,17H2,1-5H3,(H,34,38)(H,35,42)(H,39,40)/t29-,30+/m1/s1. The first kappa shape index (κ1) is 29.0. The van der Waals surface area contributed by atoms with Crippen molar-refractivity contribution in [1.82, 2.24) is 14.9 Å². The van der Waals surface area contributed by atoms with Crippen LogP contribution < -0.4 is 15.5 Å². The highest BCUT2D eigenvalue weighted by Gasteiger charge is 2.42. The van der Waals surface area contributed by atoms with Gasteiger partial charge in [-0.2, -0.15) is 0 Å². The summed E-state index contributed by atoms with van der Waals surface area (Å²) >= 11 is 5.93. The fourth-order valence-electron chi connectivity index (χ4n) is 5.65. The highest BCUT2D eigenvalue weighted by Crippen LogP contribution is 2.44. The molecule has 1 amide bonds. The zero-order valence-electron chi connectivity index (χ0n) is 24.1. The van der Waals surface area contributed by atoms with Gasteiger partial charge in [0.1, 0.15) is 6.61 Å². The number of rotatable bonds is 8. The van der Waals surface area contributed by atoms with E-state index in [4.69, 9.17) is 17.0 Å². The molecule has 1 fully saturated rings. The van der Waals surface area contributed by atoms with Crippen molar-refractivity contribution in [1.29, 1.82) is 0 Å². The lowest BCUT2D eigenvalue weighted by molar-refractivity contribution is -0.119. The van der Waals surface area contributed by atoms with Gasteiger partial charge in [-0.05, 0) is 105 Å². The van der Waals surface area contributed by atoms with Crippen LogP contribution in [-0.4, -0.2) is 45.4 Å². The molecule has 0 saturated carbocycles. The Hall–Kier alpha value is -4.54. The number of ether oxygens (including phenoxy) is 1. The second-order valence-electron chi connectivity index (χ2n) is 10.4. The van der Waals surface area contributed by atoms with E-state index in [1.165, 1.54) is 7.11 Å². The number of methoxy groups -OCH3 is 1. The molecule has 42 heavy (non-hydrogen) atoms. The quantitative estimate of drug-likeness (QED) is 0.231. The molecule has 0 unspecified atom stereocenters. The number of aryl methyl sites for hydroxylation is 3. The normalized spacial score (nSPS) is 16.4. The Morgan fingerprint density at radius 1 is 1.05 bits per heavy atom. The van der Waals surface area contributed by atoms with E-state index in [-0.39, 0.29) is 30.2 Å². The van der Waals surface area contributed by atoms with E-state index in [1.807, 2.05) is 70.2 Å². The molecule has 216 valence electrons. The fourth-order valence-corrected chi connectivity index (χ4v) is 5.99. The molecule has 5 rings (SSSR count). The molecule has 9 nitrogen and oxygen atoms in total. The van der Waals surface area contributed by atoms with Crippen molar-refractivity contribution in [2.45, 2.75) is 39.8 Å². The van der Waals surface area contributed by atoms with Gasteiger partial charge in [-0.15, -0.1) is 0 Å². The van der Waals surface area contributed by atoms with E-state index in [0.29, 0.717) is 10.8 Å². The molecule has 0 bridgehead atoms. The SMILES string of the molecule is COCC(=O)Nc1ccc(N2C(=S)N[C@H](c3ccccn3)[C@@H]2c2cc(C)n(-c3cc(C(=O)O)ccc3C)c2C)cc1C. The van der Waals surface area contributed by atoms with Crippen molar-refractivity contribution in [2.24, 2.45) is 0 Å². The van der Waals surface area contributed by atoms with Gasteiger partial charge in [-0.3, -0.25) is 9.78 Å². The van der Waals surface area contributed by atoms with Gasteiger partial charge in [0.2, 0.25) is 5.91 Å². The van der Waals surface area contributed by atoms with Gasteiger partial charge in [0.15, 0.2) is 5.11 Å². The number of nitrogens with zero attached hydrogens (tertiary/aromatic N) is 3. The number of amides is 1. The van der Waals surface area contributed by atoms with Crippen molar-refractivity contribution in [3.63, 3.8) is 0 Å². The average molecular weight is 584 g/mol. The van der Waals surface area contributed by atoms with E-state index in [9.17, 15) is 14.7 Å². The zero-order valence-corrected chi connectivity index (χ0v) is 25.0. The summed E-state index contributed by atoms with van der Waals surface area (Å²) in [6.07, 6.45) is 1.77. The summed E-state index contributed by atoms with van der Waals surface area (Å²) in [5.74, 6) is -1.20. The summed E-state index contributed by atoms with van der Waals surface area (Å²) in [7, 11) is 1.48. The van der Waals surface area contributed by atoms with Crippen molar-refractivity contribution in [2.75, 3.05) is 23.9 Å². The maximum atomic E-state index is 12.1. The molecule has 2 aromatic heterocycles. The van der Waals surface area contributed by atoms with Crippen molar-refractivity contribution in [3.8, 4) is 5.69 Å². The molecule has 3 N–H and O–H groups in total. The van der Waals surface area contributed by atoms with Gasteiger partial charge in [0, 0.05) is 41.8 Å². The number of anilines is 2. The highest BCUT2D eigenvalue weighted by molar-refractivity contribution is 7.80. The van der Waals surface area contributed by atoms with E-state index in [1.54, 1.807) is 18.3 Å². The van der Waals surface area contributed by atoms with Gasteiger partial charge < -0.3 is 29.9 Å². The molecule has 1 aliphatic rings. The molecule has 0 aliphatic carbocycles. The molecule has 1 aliphatic heterocycles. The van der Waals surface area contributed by atoms with Crippen LogP contribution in [0.15, 0.2) is 66.9 Å². The Balaban J connectivity index is 1.63. The summed E-state index contributed by atoms with van der Waals surface area (Å²) in [6.45, 7) is 7.95. The monoisotopic (exact) mass is 583 g/mol. The lowest BCUT2D eigenvalue weighted by atomic mass is 9.96. The van der Waals surface area contributed by atoms with Gasteiger partial charge in [-0.25, -0.2) is 4.79 Å². The van der Waals surface area contributed by atoms with Gasteiger partial charge >= 0.3 is 5.97 Å². The van der Waals surface area contributed by atoms with E-state index >= 15 is 0 Å². The molecular formula is C32H33N5O4S. The Morgan fingerprint density at radius 3 is 2.50 bits per heavy atom. The number of carbonyl (C=O) groups is 2. The Bertz CT molecular complexity index is 1680. The van der Waals surface area contributed by atoms with Crippen LogP contribution >= 0.6 is 12.2 Å². The molecular weight excluding hydrogens is 550 g/mol. The first-order valence-electron chi connectivity index (χ1n) is 13.5.